The molecule has 3 atom stereocenters. The summed E-state index contributed by atoms with van der Waals surface area (Å²) in [5, 5.41) is 0. The Morgan fingerprint density at radius 3 is 2.79 bits per heavy atom. The van der Waals surface area contributed by atoms with Crippen molar-refractivity contribution in [2.75, 3.05) is 7.11 Å². The van der Waals surface area contributed by atoms with Gasteiger partial charge in [0, 0.05) is 13.5 Å². The second kappa shape index (κ2) is 7.46. The Hall–Kier alpha value is -1.12. The van der Waals surface area contributed by atoms with Gasteiger partial charge in [0.25, 0.3) is 0 Å². The minimum Gasteiger partial charge on any atom is -0.378 e. The molecule has 0 radical (unpaired) electrons. The van der Waals surface area contributed by atoms with Gasteiger partial charge < -0.3 is 9.47 Å². The molecular formula is C17H24O2. The van der Waals surface area contributed by atoms with Crippen molar-refractivity contribution in [3.63, 3.8) is 0 Å². The third kappa shape index (κ3) is 4.19. The van der Waals surface area contributed by atoms with Crippen LogP contribution in [0.15, 0.2) is 42.5 Å². The van der Waals surface area contributed by atoms with E-state index in [2.05, 4.69) is 36.4 Å². The fraction of sp³-hybridized carbons (Fsp3) is 0.529. The standard InChI is InChI=1S/C17H24O2/c1-3-8-15-11-7-12-16(19-15)17(18-2)13-14-9-5-4-6-10-14/h3-6,8-10,15-17H,7,11-13H2,1-2H3/b8-3+/t15-,16-,17+/m0/s1. The number of rotatable bonds is 5. The van der Waals surface area contributed by atoms with Crippen molar-refractivity contribution >= 4 is 0 Å². The van der Waals surface area contributed by atoms with Crippen LogP contribution in [0.3, 0.4) is 0 Å². The highest BCUT2D eigenvalue weighted by Crippen LogP contribution is 2.25. The van der Waals surface area contributed by atoms with E-state index < -0.39 is 0 Å². The normalized spacial score (nSPS) is 25.6. The first-order chi connectivity index (χ1) is 9.33. The first-order valence-electron chi connectivity index (χ1n) is 7.18. The topological polar surface area (TPSA) is 18.5 Å². The van der Waals surface area contributed by atoms with Gasteiger partial charge in [-0.2, -0.15) is 0 Å². The molecule has 2 nitrogen and oxygen atoms in total. The quantitative estimate of drug-likeness (QED) is 0.751. The van der Waals surface area contributed by atoms with E-state index in [4.69, 9.17) is 9.47 Å². The van der Waals surface area contributed by atoms with Gasteiger partial charge in [0.2, 0.25) is 0 Å². The molecule has 19 heavy (non-hydrogen) atoms. The molecule has 0 N–H and O–H groups in total. The summed E-state index contributed by atoms with van der Waals surface area (Å²) in [6, 6.07) is 10.5. The highest BCUT2D eigenvalue weighted by atomic mass is 16.5. The van der Waals surface area contributed by atoms with Crippen molar-refractivity contribution in [3.05, 3.63) is 48.0 Å². The van der Waals surface area contributed by atoms with Crippen molar-refractivity contribution in [2.24, 2.45) is 0 Å². The molecule has 0 aliphatic carbocycles. The third-order valence-corrected chi connectivity index (χ3v) is 3.73. The summed E-state index contributed by atoms with van der Waals surface area (Å²) >= 11 is 0. The summed E-state index contributed by atoms with van der Waals surface area (Å²) in [5.41, 5.74) is 1.31. The van der Waals surface area contributed by atoms with Crippen LogP contribution >= 0.6 is 0 Å². The van der Waals surface area contributed by atoms with Crippen LogP contribution in [0.2, 0.25) is 0 Å². The van der Waals surface area contributed by atoms with E-state index in [0.29, 0.717) is 0 Å². The number of allylic oxidation sites excluding steroid dienone is 1. The van der Waals surface area contributed by atoms with E-state index >= 15 is 0 Å². The molecule has 0 unspecified atom stereocenters. The molecule has 0 aromatic heterocycles. The predicted octanol–water partition coefficient (Wildman–Crippen LogP) is 3.76. The van der Waals surface area contributed by atoms with Gasteiger partial charge >= 0.3 is 0 Å². The average Bonchev–Trinajstić information content (AvgIpc) is 2.46. The van der Waals surface area contributed by atoms with Crippen LogP contribution < -0.4 is 0 Å². The lowest BCUT2D eigenvalue weighted by Gasteiger charge is -2.33. The molecule has 1 aromatic carbocycles. The monoisotopic (exact) mass is 260 g/mol. The highest BCUT2D eigenvalue weighted by Gasteiger charge is 2.28. The maximum absolute atomic E-state index is 6.14. The van der Waals surface area contributed by atoms with Crippen molar-refractivity contribution in [2.45, 2.75) is 50.9 Å². The Morgan fingerprint density at radius 1 is 1.32 bits per heavy atom. The number of hydrogen-bond acceptors (Lipinski definition) is 2. The van der Waals surface area contributed by atoms with Gasteiger partial charge in [0.1, 0.15) is 0 Å². The number of methoxy groups -OCH3 is 1. The highest BCUT2D eigenvalue weighted by molar-refractivity contribution is 5.16. The molecule has 1 aliphatic heterocycles. The molecule has 0 spiro atoms. The molecule has 1 fully saturated rings. The smallest absolute Gasteiger partial charge is 0.0873 e. The van der Waals surface area contributed by atoms with Crippen LogP contribution in [0.5, 0.6) is 0 Å². The minimum atomic E-state index is 0.149. The Morgan fingerprint density at radius 2 is 2.11 bits per heavy atom. The van der Waals surface area contributed by atoms with Crippen LogP contribution in [0, 0.1) is 0 Å². The molecule has 1 heterocycles. The summed E-state index contributed by atoms with van der Waals surface area (Å²) in [6.45, 7) is 2.05. The lowest BCUT2D eigenvalue weighted by Crippen LogP contribution is -2.38. The van der Waals surface area contributed by atoms with Gasteiger partial charge in [0.05, 0.1) is 18.3 Å². The third-order valence-electron chi connectivity index (χ3n) is 3.73. The fourth-order valence-corrected chi connectivity index (χ4v) is 2.72. The fourth-order valence-electron chi connectivity index (χ4n) is 2.72. The Bertz CT molecular complexity index is 386. The molecule has 1 aliphatic rings. The first kappa shape index (κ1) is 14.3. The molecule has 0 bridgehead atoms. The van der Waals surface area contributed by atoms with Crippen LogP contribution in [-0.4, -0.2) is 25.4 Å². The molecule has 0 saturated carbocycles. The molecule has 104 valence electrons. The van der Waals surface area contributed by atoms with Gasteiger partial charge in [-0.25, -0.2) is 0 Å². The van der Waals surface area contributed by atoms with E-state index in [1.165, 1.54) is 12.0 Å². The van der Waals surface area contributed by atoms with Crippen molar-refractivity contribution < 1.29 is 9.47 Å². The van der Waals surface area contributed by atoms with Gasteiger partial charge in [-0.15, -0.1) is 0 Å². The molecule has 2 rings (SSSR count). The molecule has 1 aromatic rings. The zero-order chi connectivity index (χ0) is 13.5. The van der Waals surface area contributed by atoms with E-state index in [-0.39, 0.29) is 18.3 Å². The largest absolute Gasteiger partial charge is 0.378 e. The van der Waals surface area contributed by atoms with Crippen LogP contribution in [0.25, 0.3) is 0 Å². The van der Waals surface area contributed by atoms with Gasteiger partial charge in [-0.05, 0) is 31.7 Å². The lowest BCUT2D eigenvalue weighted by atomic mass is 9.96. The zero-order valence-electron chi connectivity index (χ0n) is 11.9. The lowest BCUT2D eigenvalue weighted by molar-refractivity contribution is -0.100. The SMILES string of the molecule is C/C=C/[C@H]1CCC[C@@H]([C@@H](Cc2ccccc2)OC)O1. The summed E-state index contributed by atoms with van der Waals surface area (Å²) < 4.78 is 11.8. The van der Waals surface area contributed by atoms with Crippen molar-refractivity contribution in [1.29, 1.82) is 0 Å². The van der Waals surface area contributed by atoms with Crippen LogP contribution in [0.4, 0.5) is 0 Å². The molecule has 2 heteroatoms. The van der Waals surface area contributed by atoms with Crippen molar-refractivity contribution in [1.82, 2.24) is 0 Å². The summed E-state index contributed by atoms with van der Waals surface area (Å²) in [6.07, 6.45) is 9.21. The van der Waals surface area contributed by atoms with Gasteiger partial charge in [-0.3, -0.25) is 0 Å². The zero-order valence-corrected chi connectivity index (χ0v) is 11.9. The molecule has 0 amide bonds. The number of hydrogen-bond donors (Lipinski definition) is 0. The minimum absolute atomic E-state index is 0.149. The maximum Gasteiger partial charge on any atom is 0.0873 e. The molecule has 1 saturated heterocycles. The van der Waals surface area contributed by atoms with E-state index in [1.54, 1.807) is 7.11 Å². The summed E-state index contributed by atoms with van der Waals surface area (Å²) in [4.78, 5) is 0. The Balaban J connectivity index is 1.97. The van der Waals surface area contributed by atoms with E-state index in [9.17, 15) is 0 Å². The second-order valence-electron chi connectivity index (χ2n) is 5.13. The second-order valence-corrected chi connectivity index (χ2v) is 5.13. The van der Waals surface area contributed by atoms with E-state index in [0.717, 1.165) is 19.3 Å². The van der Waals surface area contributed by atoms with Crippen LogP contribution in [0.1, 0.15) is 31.7 Å². The van der Waals surface area contributed by atoms with Gasteiger partial charge in [0.15, 0.2) is 0 Å². The molecular weight excluding hydrogens is 236 g/mol. The average molecular weight is 260 g/mol. The number of ether oxygens (including phenoxy) is 2. The maximum atomic E-state index is 6.14. The Kier molecular flexibility index (Phi) is 5.62. The Labute approximate surface area is 116 Å². The van der Waals surface area contributed by atoms with Gasteiger partial charge in [-0.1, -0.05) is 42.5 Å². The number of benzene rings is 1. The van der Waals surface area contributed by atoms with Crippen molar-refractivity contribution in [3.8, 4) is 0 Å². The summed E-state index contributed by atoms with van der Waals surface area (Å²) in [5.74, 6) is 0. The van der Waals surface area contributed by atoms with Crippen LogP contribution in [-0.2, 0) is 15.9 Å². The first-order valence-corrected chi connectivity index (χ1v) is 7.18. The summed E-state index contributed by atoms with van der Waals surface area (Å²) in [7, 11) is 1.79. The predicted molar refractivity (Wildman–Crippen MR) is 78.3 cm³/mol. The van der Waals surface area contributed by atoms with E-state index in [1.807, 2.05) is 13.0 Å².